The van der Waals surface area contributed by atoms with Gasteiger partial charge >= 0.3 is 6.61 Å². The van der Waals surface area contributed by atoms with E-state index in [0.29, 0.717) is 5.56 Å². The van der Waals surface area contributed by atoms with Crippen molar-refractivity contribution in [1.82, 2.24) is 9.88 Å². The minimum atomic E-state index is -4.24. The van der Waals surface area contributed by atoms with Crippen LogP contribution in [0.1, 0.15) is 26.3 Å². The van der Waals surface area contributed by atoms with E-state index in [1.807, 2.05) is 0 Å². The maximum absolute atomic E-state index is 13.1. The third-order valence-corrected chi connectivity index (χ3v) is 6.44. The number of nitrogens with one attached hydrogen (secondary N) is 1. The van der Waals surface area contributed by atoms with Gasteiger partial charge in [0.2, 0.25) is 0 Å². The average molecular weight is 494 g/mol. The van der Waals surface area contributed by atoms with Gasteiger partial charge in [-0.15, -0.1) is 0 Å². The molecule has 3 aromatic rings. The lowest BCUT2D eigenvalue weighted by Gasteiger charge is -2.14. The molecule has 4 rings (SSSR count). The van der Waals surface area contributed by atoms with Crippen LogP contribution in [-0.2, 0) is 16.6 Å². The molecule has 2 heterocycles. The van der Waals surface area contributed by atoms with Gasteiger partial charge in [0.15, 0.2) is 0 Å². The Morgan fingerprint density at radius 3 is 2.36 bits per heavy atom. The monoisotopic (exact) mass is 493 g/mol. The Kier molecular flexibility index (Phi) is 6.00. The van der Waals surface area contributed by atoms with Crippen molar-refractivity contribution in [2.45, 2.75) is 18.1 Å². The molecule has 2 aromatic carbocycles. The fourth-order valence-corrected chi connectivity index (χ4v) is 4.59. The number of imide groups is 1. The first-order valence-corrected chi connectivity index (χ1v) is 11.2. The van der Waals surface area contributed by atoms with E-state index in [2.05, 4.69) is 14.4 Å². The molecule has 0 spiro atoms. The van der Waals surface area contributed by atoms with E-state index < -0.39 is 28.4 Å². The number of anilines is 1. The van der Waals surface area contributed by atoms with Crippen LogP contribution in [0.5, 0.6) is 5.75 Å². The molecule has 0 fully saturated rings. The predicted molar refractivity (Wildman–Crippen MR) is 114 cm³/mol. The van der Waals surface area contributed by atoms with Crippen molar-refractivity contribution in [1.29, 1.82) is 0 Å². The Balaban J connectivity index is 1.65. The maximum atomic E-state index is 13.1. The van der Waals surface area contributed by atoms with Gasteiger partial charge in [0, 0.05) is 12.4 Å². The smallest absolute Gasteiger partial charge is 0.387 e. The van der Waals surface area contributed by atoms with Crippen LogP contribution >= 0.6 is 11.6 Å². The minimum absolute atomic E-state index is 0.00603. The minimum Gasteiger partial charge on any atom is -0.435 e. The number of rotatable bonds is 7. The number of benzene rings is 2. The summed E-state index contributed by atoms with van der Waals surface area (Å²) in [6, 6.07) is 10.2. The number of hydrogen-bond acceptors (Lipinski definition) is 6. The molecule has 12 heteroatoms. The van der Waals surface area contributed by atoms with E-state index in [0.717, 1.165) is 29.2 Å². The Morgan fingerprint density at radius 1 is 1.03 bits per heavy atom. The molecule has 8 nitrogen and oxygen atoms in total. The lowest BCUT2D eigenvalue weighted by molar-refractivity contribution is -0.0498. The van der Waals surface area contributed by atoms with Crippen LogP contribution in [0, 0.1) is 0 Å². The summed E-state index contributed by atoms with van der Waals surface area (Å²) >= 11 is 6.15. The van der Waals surface area contributed by atoms with Gasteiger partial charge in [-0.1, -0.05) is 17.7 Å². The fraction of sp³-hybridized carbons (Fsp3) is 0.0952. The zero-order chi connectivity index (χ0) is 23.8. The van der Waals surface area contributed by atoms with Crippen LogP contribution in [0.2, 0.25) is 5.02 Å². The zero-order valence-corrected chi connectivity index (χ0v) is 18.1. The maximum Gasteiger partial charge on any atom is 0.387 e. The van der Waals surface area contributed by atoms with Crippen molar-refractivity contribution in [3.63, 3.8) is 0 Å². The highest BCUT2D eigenvalue weighted by atomic mass is 35.5. The van der Waals surface area contributed by atoms with Crippen molar-refractivity contribution >= 4 is 39.1 Å². The largest absolute Gasteiger partial charge is 0.435 e. The molecule has 0 bridgehead atoms. The molecule has 0 aliphatic carbocycles. The van der Waals surface area contributed by atoms with Crippen molar-refractivity contribution < 1.29 is 31.5 Å². The van der Waals surface area contributed by atoms with Gasteiger partial charge in [0.25, 0.3) is 21.8 Å². The van der Waals surface area contributed by atoms with E-state index >= 15 is 0 Å². The van der Waals surface area contributed by atoms with Crippen molar-refractivity contribution in [2.75, 3.05) is 4.72 Å². The van der Waals surface area contributed by atoms with E-state index in [9.17, 15) is 26.8 Å². The first kappa shape index (κ1) is 22.6. The number of ether oxygens (including phenoxy) is 1. The van der Waals surface area contributed by atoms with Gasteiger partial charge in [-0.3, -0.25) is 24.2 Å². The van der Waals surface area contributed by atoms with Crippen LogP contribution in [0.4, 0.5) is 14.5 Å². The van der Waals surface area contributed by atoms with Crippen LogP contribution in [0.25, 0.3) is 0 Å². The van der Waals surface area contributed by atoms with E-state index in [-0.39, 0.29) is 39.0 Å². The molecule has 0 saturated heterocycles. The van der Waals surface area contributed by atoms with Crippen LogP contribution < -0.4 is 9.46 Å². The summed E-state index contributed by atoms with van der Waals surface area (Å²) in [6.07, 6.45) is 3.04. The Hall–Kier alpha value is -3.57. The molecule has 0 saturated carbocycles. The highest BCUT2D eigenvalue weighted by Gasteiger charge is 2.40. The number of hydrogen-bond donors (Lipinski definition) is 1. The topological polar surface area (TPSA) is 106 Å². The molecule has 0 unspecified atom stereocenters. The molecule has 33 heavy (non-hydrogen) atoms. The van der Waals surface area contributed by atoms with Gasteiger partial charge < -0.3 is 4.74 Å². The van der Waals surface area contributed by atoms with Gasteiger partial charge in [0.05, 0.1) is 33.3 Å². The summed E-state index contributed by atoms with van der Waals surface area (Å²) in [6.45, 7) is -3.13. The summed E-state index contributed by atoms with van der Waals surface area (Å²) in [4.78, 5) is 30.6. The van der Waals surface area contributed by atoms with Gasteiger partial charge in [0.1, 0.15) is 5.75 Å². The summed E-state index contributed by atoms with van der Waals surface area (Å²) in [5.41, 5.74) is 0.148. The number of sulfonamides is 1. The highest BCUT2D eigenvalue weighted by Crippen LogP contribution is 2.36. The summed E-state index contributed by atoms with van der Waals surface area (Å²) < 4.78 is 56.8. The standard InChI is InChI=1S/C21H14ClF2N3O5S/c22-15-7-8-16(26-33(30,31)14-5-3-13(4-6-14)32-21(23)24)18-17(15)19(28)27(20(18)29)11-12-2-1-9-25-10-12/h1-10,21,26H,11H2. The molecule has 0 atom stereocenters. The number of aromatic nitrogens is 1. The van der Waals surface area contributed by atoms with Gasteiger partial charge in [-0.25, -0.2) is 8.42 Å². The third kappa shape index (κ3) is 4.50. The summed E-state index contributed by atoms with van der Waals surface area (Å²) in [5.74, 6) is -1.61. The summed E-state index contributed by atoms with van der Waals surface area (Å²) in [5, 5.41) is -0.00603. The van der Waals surface area contributed by atoms with Crippen LogP contribution in [0.15, 0.2) is 65.8 Å². The number of carbonyl (C=O) groups excluding carboxylic acids is 2. The second kappa shape index (κ2) is 8.75. The Bertz CT molecular complexity index is 1340. The SMILES string of the molecule is O=C1c2c(Cl)ccc(NS(=O)(=O)c3ccc(OC(F)F)cc3)c2C(=O)N1Cc1cccnc1. The predicted octanol–water partition coefficient (Wildman–Crippen LogP) is 3.93. The second-order valence-electron chi connectivity index (χ2n) is 6.86. The quantitative estimate of drug-likeness (QED) is 0.500. The number of nitrogens with zero attached hydrogens (tertiary/aromatic N) is 2. The van der Waals surface area contributed by atoms with Crippen LogP contribution in [0.3, 0.4) is 0 Å². The van der Waals surface area contributed by atoms with Crippen molar-refractivity contribution in [3.05, 3.63) is 82.6 Å². The normalized spacial score (nSPS) is 13.4. The Morgan fingerprint density at radius 2 is 1.73 bits per heavy atom. The highest BCUT2D eigenvalue weighted by molar-refractivity contribution is 7.92. The van der Waals surface area contributed by atoms with Crippen molar-refractivity contribution in [2.24, 2.45) is 0 Å². The van der Waals surface area contributed by atoms with Gasteiger partial charge in [-0.2, -0.15) is 8.78 Å². The third-order valence-electron chi connectivity index (χ3n) is 4.74. The zero-order valence-electron chi connectivity index (χ0n) is 16.5. The number of carbonyl (C=O) groups is 2. The fourth-order valence-electron chi connectivity index (χ4n) is 3.28. The second-order valence-corrected chi connectivity index (χ2v) is 8.95. The average Bonchev–Trinajstić information content (AvgIpc) is 3.02. The molecule has 2 amide bonds. The van der Waals surface area contributed by atoms with Crippen molar-refractivity contribution in [3.8, 4) is 5.75 Å². The number of amides is 2. The summed E-state index contributed by atoms with van der Waals surface area (Å²) in [7, 11) is -4.24. The lowest BCUT2D eigenvalue weighted by atomic mass is 10.1. The van der Waals surface area contributed by atoms with Crippen LogP contribution in [-0.4, -0.2) is 36.7 Å². The molecule has 1 aliphatic heterocycles. The van der Waals surface area contributed by atoms with E-state index in [4.69, 9.17) is 11.6 Å². The van der Waals surface area contributed by atoms with E-state index in [1.165, 1.54) is 18.3 Å². The lowest BCUT2D eigenvalue weighted by Crippen LogP contribution is -2.29. The Labute approximate surface area is 191 Å². The first-order chi connectivity index (χ1) is 15.7. The molecule has 1 aromatic heterocycles. The number of fused-ring (bicyclic) bond motifs is 1. The molecular weight excluding hydrogens is 480 g/mol. The molecule has 1 aliphatic rings. The number of alkyl halides is 2. The molecule has 0 radical (unpaired) electrons. The molecule has 170 valence electrons. The molecule has 1 N–H and O–H groups in total. The van der Waals surface area contributed by atoms with E-state index in [1.54, 1.807) is 18.3 Å². The number of pyridine rings is 1. The first-order valence-electron chi connectivity index (χ1n) is 9.32. The van der Waals surface area contributed by atoms with Gasteiger partial charge in [-0.05, 0) is 48.0 Å². The molecular formula is C21H14ClF2N3O5S. The number of halogens is 3.